The number of carbonyl (C=O) groups is 1. The first-order valence-corrected chi connectivity index (χ1v) is 13.6. The lowest BCUT2D eigenvalue weighted by molar-refractivity contribution is 0.245. The van der Waals surface area contributed by atoms with Crippen LogP contribution in [0.1, 0.15) is 30.9 Å². The molecule has 0 aliphatic heterocycles. The Balaban J connectivity index is 1.57. The molecular formula is C25H27N5O3S2. The van der Waals surface area contributed by atoms with Crippen LogP contribution in [0.25, 0.3) is 21.3 Å². The zero-order valence-corrected chi connectivity index (χ0v) is 21.4. The van der Waals surface area contributed by atoms with Gasteiger partial charge in [-0.05, 0) is 55.7 Å². The third kappa shape index (κ3) is 5.60. The van der Waals surface area contributed by atoms with Crippen LogP contribution in [-0.2, 0) is 10.0 Å². The van der Waals surface area contributed by atoms with Crippen LogP contribution in [0.15, 0.2) is 59.1 Å². The highest BCUT2D eigenvalue weighted by Crippen LogP contribution is 2.38. The van der Waals surface area contributed by atoms with Gasteiger partial charge in [-0.2, -0.15) is 0 Å². The van der Waals surface area contributed by atoms with Gasteiger partial charge in [0, 0.05) is 23.2 Å². The van der Waals surface area contributed by atoms with Gasteiger partial charge < -0.3 is 10.6 Å². The molecule has 0 saturated heterocycles. The van der Waals surface area contributed by atoms with Crippen LogP contribution in [0.2, 0.25) is 0 Å². The average molecular weight is 510 g/mol. The molecule has 0 radical (unpaired) electrons. The number of thiophene rings is 1. The maximum Gasteiger partial charge on any atom is 0.328 e. The zero-order valence-electron chi connectivity index (χ0n) is 19.8. The van der Waals surface area contributed by atoms with Gasteiger partial charge >= 0.3 is 6.03 Å². The number of hydrogen-bond donors (Lipinski definition) is 3. The Hall–Kier alpha value is -3.50. The van der Waals surface area contributed by atoms with E-state index in [0.29, 0.717) is 18.1 Å². The summed E-state index contributed by atoms with van der Waals surface area (Å²) < 4.78 is 27.1. The number of anilines is 2. The highest BCUT2D eigenvalue weighted by atomic mass is 32.2. The van der Waals surface area contributed by atoms with Crippen LogP contribution in [0.3, 0.4) is 0 Å². The van der Waals surface area contributed by atoms with Crippen LogP contribution >= 0.6 is 11.3 Å². The van der Waals surface area contributed by atoms with Crippen molar-refractivity contribution >= 4 is 49.1 Å². The van der Waals surface area contributed by atoms with Gasteiger partial charge in [-0.3, -0.25) is 0 Å². The van der Waals surface area contributed by atoms with Gasteiger partial charge in [0.25, 0.3) is 10.0 Å². The van der Waals surface area contributed by atoms with Crippen molar-refractivity contribution in [2.45, 2.75) is 38.5 Å². The van der Waals surface area contributed by atoms with Crippen molar-refractivity contribution in [1.29, 1.82) is 0 Å². The summed E-state index contributed by atoms with van der Waals surface area (Å²) >= 11 is 1.55. The summed E-state index contributed by atoms with van der Waals surface area (Å²) in [5.74, 6) is 0.634. The molecule has 0 fully saturated rings. The van der Waals surface area contributed by atoms with Gasteiger partial charge in [0.15, 0.2) is 0 Å². The molecule has 35 heavy (non-hydrogen) atoms. The third-order valence-electron chi connectivity index (χ3n) is 5.51. The fourth-order valence-corrected chi connectivity index (χ4v) is 5.57. The van der Waals surface area contributed by atoms with Crippen molar-refractivity contribution in [3.63, 3.8) is 0 Å². The fourth-order valence-electron chi connectivity index (χ4n) is 3.73. The smallest absolute Gasteiger partial charge is 0.328 e. The number of sulfonamides is 1. The second kappa shape index (κ2) is 10.4. The molecule has 0 atom stereocenters. The number of carbonyl (C=O) groups excluding carboxylic acids is 1. The molecule has 10 heteroatoms. The van der Waals surface area contributed by atoms with Gasteiger partial charge in [0.2, 0.25) is 0 Å². The Morgan fingerprint density at radius 3 is 2.51 bits per heavy atom. The predicted molar refractivity (Wildman–Crippen MR) is 141 cm³/mol. The number of urea groups is 1. The molecule has 0 aliphatic carbocycles. The topological polar surface area (TPSA) is 113 Å². The van der Waals surface area contributed by atoms with E-state index in [1.807, 2.05) is 11.6 Å². The minimum absolute atomic E-state index is 0.00646. The van der Waals surface area contributed by atoms with E-state index in [2.05, 4.69) is 58.0 Å². The molecule has 4 rings (SSSR count). The number of nitrogens with one attached hydrogen (secondary N) is 3. The van der Waals surface area contributed by atoms with Crippen LogP contribution in [0, 0.1) is 13.8 Å². The molecule has 8 nitrogen and oxygen atoms in total. The highest BCUT2D eigenvalue weighted by Gasteiger charge is 2.18. The summed E-state index contributed by atoms with van der Waals surface area (Å²) in [6.45, 7) is 6.55. The molecule has 4 aromatic rings. The molecule has 0 unspecified atom stereocenters. The monoisotopic (exact) mass is 509 g/mol. The van der Waals surface area contributed by atoms with E-state index < -0.39 is 16.1 Å². The van der Waals surface area contributed by atoms with Crippen LogP contribution in [0.4, 0.5) is 16.3 Å². The SMILES string of the molecule is CCCCNC(=O)NS(=O)(=O)c1ccc(Nc2ncnc3scc(-c4ccc(C)cc4C)c23)cc1. The number of nitrogens with zero attached hydrogens (tertiary/aromatic N) is 2. The molecule has 3 N–H and O–H groups in total. The van der Waals surface area contributed by atoms with E-state index in [1.165, 1.54) is 29.6 Å². The fraction of sp³-hybridized carbons (Fsp3) is 0.240. The van der Waals surface area contributed by atoms with Gasteiger partial charge in [-0.15, -0.1) is 11.3 Å². The molecule has 2 aromatic carbocycles. The maximum atomic E-state index is 12.5. The lowest BCUT2D eigenvalue weighted by atomic mass is 9.99. The molecule has 2 aromatic heterocycles. The first-order chi connectivity index (χ1) is 16.8. The standard InChI is InChI=1S/C25H27N5O3S2/c1-4-5-12-26-25(31)30-35(32,33)19-9-7-18(8-10-19)29-23-22-21(14-34-24(22)28-15-27-23)20-11-6-16(2)13-17(20)3/h6-11,13-15H,4-5,12H2,1-3H3,(H2,26,30,31)(H,27,28,29). The lowest BCUT2D eigenvalue weighted by Crippen LogP contribution is -2.39. The first kappa shape index (κ1) is 24.6. The molecule has 0 saturated carbocycles. The van der Waals surface area contributed by atoms with E-state index >= 15 is 0 Å². The minimum Gasteiger partial charge on any atom is -0.340 e. The van der Waals surface area contributed by atoms with Crippen molar-refractivity contribution in [1.82, 2.24) is 20.0 Å². The number of fused-ring (bicyclic) bond motifs is 1. The van der Waals surface area contributed by atoms with Gasteiger partial charge in [0.1, 0.15) is 17.0 Å². The summed E-state index contributed by atoms with van der Waals surface area (Å²) in [6.07, 6.45) is 3.18. The molecule has 0 spiro atoms. The Labute approximate surface area is 208 Å². The van der Waals surface area contributed by atoms with Crippen molar-refractivity contribution < 1.29 is 13.2 Å². The van der Waals surface area contributed by atoms with Crippen molar-refractivity contribution in [3.05, 3.63) is 65.3 Å². The quantitative estimate of drug-likeness (QED) is 0.270. The number of benzene rings is 2. The van der Waals surface area contributed by atoms with E-state index in [4.69, 9.17) is 0 Å². The van der Waals surface area contributed by atoms with Crippen molar-refractivity contribution in [2.24, 2.45) is 0 Å². The predicted octanol–water partition coefficient (Wildman–Crippen LogP) is 5.51. The van der Waals surface area contributed by atoms with Gasteiger partial charge in [0.05, 0.1) is 10.3 Å². The van der Waals surface area contributed by atoms with Crippen LogP contribution in [-0.4, -0.2) is 31.0 Å². The summed E-state index contributed by atoms with van der Waals surface area (Å²) in [4.78, 5) is 21.6. The minimum atomic E-state index is -3.98. The molecule has 2 amide bonds. The van der Waals surface area contributed by atoms with E-state index in [0.717, 1.165) is 34.2 Å². The second-order valence-corrected chi connectivity index (χ2v) is 10.8. The lowest BCUT2D eigenvalue weighted by Gasteiger charge is -2.11. The Morgan fingerprint density at radius 1 is 1.03 bits per heavy atom. The van der Waals surface area contributed by atoms with Crippen LogP contribution < -0.4 is 15.4 Å². The second-order valence-electron chi connectivity index (χ2n) is 8.23. The number of rotatable bonds is 8. The summed E-state index contributed by atoms with van der Waals surface area (Å²) in [7, 11) is -3.98. The van der Waals surface area contributed by atoms with E-state index in [1.54, 1.807) is 23.5 Å². The maximum absolute atomic E-state index is 12.5. The molecule has 0 aliphatic rings. The number of aryl methyl sites for hydroxylation is 2. The molecule has 0 bridgehead atoms. The van der Waals surface area contributed by atoms with Gasteiger partial charge in [-0.25, -0.2) is 27.9 Å². The number of amides is 2. The molecule has 182 valence electrons. The van der Waals surface area contributed by atoms with Crippen molar-refractivity contribution in [2.75, 3.05) is 11.9 Å². The average Bonchev–Trinajstić information content (AvgIpc) is 3.24. The van der Waals surface area contributed by atoms with Crippen molar-refractivity contribution in [3.8, 4) is 11.1 Å². The highest BCUT2D eigenvalue weighted by molar-refractivity contribution is 7.90. The number of aromatic nitrogens is 2. The van der Waals surface area contributed by atoms with E-state index in [9.17, 15) is 13.2 Å². The molecular weight excluding hydrogens is 482 g/mol. The van der Waals surface area contributed by atoms with Crippen LogP contribution in [0.5, 0.6) is 0 Å². The number of unbranched alkanes of at least 4 members (excludes halogenated alkanes) is 1. The third-order valence-corrected chi connectivity index (χ3v) is 7.75. The Kier molecular flexibility index (Phi) is 7.32. The summed E-state index contributed by atoms with van der Waals surface area (Å²) in [5.41, 5.74) is 5.19. The molecule has 2 heterocycles. The van der Waals surface area contributed by atoms with Gasteiger partial charge in [-0.1, -0.05) is 37.1 Å². The number of hydrogen-bond acceptors (Lipinski definition) is 7. The first-order valence-electron chi connectivity index (χ1n) is 11.3. The van der Waals surface area contributed by atoms with E-state index in [-0.39, 0.29) is 4.90 Å². The normalized spacial score (nSPS) is 11.4. The Bertz CT molecular complexity index is 1460. The Morgan fingerprint density at radius 2 is 1.80 bits per heavy atom. The summed E-state index contributed by atoms with van der Waals surface area (Å²) in [5, 5.41) is 8.82. The largest absolute Gasteiger partial charge is 0.340 e. The zero-order chi connectivity index (χ0) is 25.0. The summed E-state index contributed by atoms with van der Waals surface area (Å²) in [6, 6.07) is 11.8.